The van der Waals surface area contributed by atoms with Crippen LogP contribution in [-0.2, 0) is 6.18 Å². The lowest BCUT2D eigenvalue weighted by Gasteiger charge is -2.08. The van der Waals surface area contributed by atoms with Gasteiger partial charge in [0.1, 0.15) is 5.69 Å². The van der Waals surface area contributed by atoms with E-state index in [1.54, 1.807) is 6.92 Å². The van der Waals surface area contributed by atoms with Crippen molar-refractivity contribution in [2.45, 2.75) is 13.1 Å². The number of anilines is 1. The van der Waals surface area contributed by atoms with Crippen LogP contribution in [0.25, 0.3) is 0 Å². The maximum atomic E-state index is 12.4. The van der Waals surface area contributed by atoms with Crippen molar-refractivity contribution in [3.05, 3.63) is 47.3 Å². The Morgan fingerprint density at radius 2 is 1.89 bits per heavy atom. The highest BCUT2D eigenvalue weighted by Gasteiger charge is 2.30. The van der Waals surface area contributed by atoms with Crippen LogP contribution in [0, 0.1) is 6.92 Å². The van der Waals surface area contributed by atoms with Crippen LogP contribution in [0.1, 0.15) is 21.6 Å². The Hall–Kier alpha value is -2.31. The lowest BCUT2D eigenvalue weighted by molar-refractivity contribution is -0.137. The fourth-order valence-electron chi connectivity index (χ4n) is 1.51. The lowest BCUT2D eigenvalue weighted by Crippen LogP contribution is -2.14. The molecule has 0 saturated carbocycles. The first kappa shape index (κ1) is 13.1. The number of aryl methyl sites for hydroxylation is 1. The monoisotopic (exact) mass is 269 g/mol. The number of carbonyl (C=O) groups is 1. The Balaban J connectivity index is 2.12. The second kappa shape index (κ2) is 4.75. The van der Waals surface area contributed by atoms with Gasteiger partial charge in [0.2, 0.25) is 0 Å². The van der Waals surface area contributed by atoms with Gasteiger partial charge in [-0.05, 0) is 36.8 Å². The maximum absolute atomic E-state index is 12.4. The number of rotatable bonds is 2. The maximum Gasteiger partial charge on any atom is 0.416 e. The van der Waals surface area contributed by atoms with E-state index in [9.17, 15) is 18.0 Å². The van der Waals surface area contributed by atoms with Crippen molar-refractivity contribution in [2.75, 3.05) is 5.32 Å². The van der Waals surface area contributed by atoms with E-state index in [2.05, 4.69) is 15.5 Å². The molecule has 19 heavy (non-hydrogen) atoms. The Labute approximate surface area is 106 Å². The molecule has 1 heterocycles. The summed E-state index contributed by atoms with van der Waals surface area (Å²) in [5, 5.41) is 8.70. The summed E-state index contributed by atoms with van der Waals surface area (Å²) in [4.78, 5) is 11.8. The number of nitrogens with zero attached hydrogens (tertiary/aromatic N) is 1. The van der Waals surface area contributed by atoms with Crippen LogP contribution in [0.4, 0.5) is 18.9 Å². The molecule has 100 valence electrons. The standard InChI is InChI=1S/C12H10F3N3O/c1-7-6-16-18-10(7)11(19)17-9-4-2-8(3-5-9)12(13,14)15/h2-6H,1H3,(H,16,18)(H,17,19). The number of benzene rings is 1. The molecule has 0 fully saturated rings. The molecule has 7 heteroatoms. The summed E-state index contributed by atoms with van der Waals surface area (Å²) in [6.07, 6.45) is -2.90. The first-order chi connectivity index (χ1) is 8.88. The summed E-state index contributed by atoms with van der Waals surface area (Å²) >= 11 is 0. The number of hydrogen-bond donors (Lipinski definition) is 2. The van der Waals surface area contributed by atoms with Crippen molar-refractivity contribution in [3.63, 3.8) is 0 Å². The van der Waals surface area contributed by atoms with E-state index in [0.717, 1.165) is 12.1 Å². The molecule has 0 atom stereocenters. The molecule has 0 aliphatic carbocycles. The molecule has 1 aromatic heterocycles. The highest BCUT2D eigenvalue weighted by Crippen LogP contribution is 2.29. The number of carbonyl (C=O) groups excluding carboxylic acids is 1. The number of alkyl halides is 3. The second-order valence-corrected chi connectivity index (χ2v) is 3.96. The molecule has 2 rings (SSSR count). The van der Waals surface area contributed by atoms with Gasteiger partial charge in [0.25, 0.3) is 5.91 Å². The molecular formula is C12H10F3N3O. The van der Waals surface area contributed by atoms with Gasteiger partial charge in [0.15, 0.2) is 0 Å². The Morgan fingerprint density at radius 1 is 1.26 bits per heavy atom. The molecular weight excluding hydrogens is 259 g/mol. The third kappa shape index (κ3) is 2.93. The summed E-state index contributed by atoms with van der Waals surface area (Å²) in [7, 11) is 0. The zero-order valence-electron chi connectivity index (χ0n) is 9.88. The number of amides is 1. The molecule has 1 aromatic carbocycles. The molecule has 0 aliphatic heterocycles. The van der Waals surface area contributed by atoms with Gasteiger partial charge in [-0.3, -0.25) is 9.89 Å². The minimum absolute atomic E-state index is 0.278. The molecule has 0 aliphatic rings. The quantitative estimate of drug-likeness (QED) is 0.880. The van der Waals surface area contributed by atoms with Gasteiger partial charge >= 0.3 is 6.18 Å². The van der Waals surface area contributed by atoms with Crippen molar-refractivity contribution in [2.24, 2.45) is 0 Å². The van der Waals surface area contributed by atoms with E-state index in [-0.39, 0.29) is 11.4 Å². The highest BCUT2D eigenvalue weighted by atomic mass is 19.4. The van der Waals surface area contributed by atoms with Crippen molar-refractivity contribution in [3.8, 4) is 0 Å². The zero-order valence-corrected chi connectivity index (χ0v) is 9.88. The molecule has 0 bridgehead atoms. The van der Waals surface area contributed by atoms with Gasteiger partial charge in [-0.15, -0.1) is 0 Å². The van der Waals surface area contributed by atoms with Crippen LogP contribution in [0.3, 0.4) is 0 Å². The molecule has 0 unspecified atom stereocenters. The van der Waals surface area contributed by atoms with E-state index in [1.807, 2.05) is 0 Å². The zero-order chi connectivity index (χ0) is 14.0. The number of H-pyrrole nitrogens is 1. The largest absolute Gasteiger partial charge is 0.416 e. The normalized spacial score (nSPS) is 11.4. The third-order valence-corrected chi connectivity index (χ3v) is 2.53. The summed E-state index contributed by atoms with van der Waals surface area (Å²) in [6, 6.07) is 4.23. The minimum Gasteiger partial charge on any atom is -0.321 e. The SMILES string of the molecule is Cc1cn[nH]c1C(=O)Nc1ccc(C(F)(F)F)cc1. The predicted octanol–water partition coefficient (Wildman–Crippen LogP) is 2.99. The fourth-order valence-corrected chi connectivity index (χ4v) is 1.51. The van der Waals surface area contributed by atoms with Crippen molar-refractivity contribution in [1.82, 2.24) is 10.2 Å². The van der Waals surface area contributed by atoms with Crippen LogP contribution in [0.2, 0.25) is 0 Å². The molecule has 2 N–H and O–H groups in total. The number of hydrogen-bond acceptors (Lipinski definition) is 2. The predicted molar refractivity (Wildman–Crippen MR) is 62.7 cm³/mol. The van der Waals surface area contributed by atoms with Crippen LogP contribution < -0.4 is 5.32 Å². The number of aromatic nitrogens is 2. The van der Waals surface area contributed by atoms with E-state index in [0.29, 0.717) is 5.56 Å². The highest BCUT2D eigenvalue weighted by molar-refractivity contribution is 6.03. The van der Waals surface area contributed by atoms with Gasteiger partial charge in [-0.1, -0.05) is 0 Å². The summed E-state index contributed by atoms with van der Waals surface area (Å²) in [5.41, 5.74) is 0.458. The Kier molecular flexibility index (Phi) is 3.28. The first-order valence-electron chi connectivity index (χ1n) is 5.36. The van der Waals surface area contributed by atoms with E-state index in [4.69, 9.17) is 0 Å². The summed E-state index contributed by atoms with van der Waals surface area (Å²) in [5.74, 6) is -0.449. The second-order valence-electron chi connectivity index (χ2n) is 3.96. The number of halogens is 3. The fraction of sp³-hybridized carbons (Fsp3) is 0.167. The molecule has 2 aromatic rings. The van der Waals surface area contributed by atoms with Crippen LogP contribution in [0.5, 0.6) is 0 Å². The van der Waals surface area contributed by atoms with Gasteiger partial charge in [-0.2, -0.15) is 18.3 Å². The number of nitrogens with one attached hydrogen (secondary N) is 2. The van der Waals surface area contributed by atoms with Gasteiger partial charge in [0.05, 0.1) is 11.8 Å². The molecule has 0 radical (unpaired) electrons. The number of aromatic amines is 1. The van der Waals surface area contributed by atoms with E-state index < -0.39 is 17.6 Å². The van der Waals surface area contributed by atoms with Crippen molar-refractivity contribution < 1.29 is 18.0 Å². The van der Waals surface area contributed by atoms with Crippen LogP contribution >= 0.6 is 0 Å². The van der Waals surface area contributed by atoms with Gasteiger partial charge < -0.3 is 5.32 Å². The van der Waals surface area contributed by atoms with Gasteiger partial charge in [0, 0.05) is 5.69 Å². The van der Waals surface area contributed by atoms with Crippen LogP contribution in [0.15, 0.2) is 30.5 Å². The smallest absolute Gasteiger partial charge is 0.321 e. The minimum atomic E-state index is -4.39. The van der Waals surface area contributed by atoms with Crippen molar-refractivity contribution >= 4 is 11.6 Å². The average molecular weight is 269 g/mol. The van der Waals surface area contributed by atoms with Crippen LogP contribution in [-0.4, -0.2) is 16.1 Å². The third-order valence-electron chi connectivity index (χ3n) is 2.53. The molecule has 0 saturated heterocycles. The molecule has 4 nitrogen and oxygen atoms in total. The topological polar surface area (TPSA) is 57.8 Å². The Morgan fingerprint density at radius 3 is 2.37 bits per heavy atom. The summed E-state index contributed by atoms with van der Waals surface area (Å²) in [6.45, 7) is 1.70. The average Bonchev–Trinajstić information content (AvgIpc) is 2.75. The van der Waals surface area contributed by atoms with Gasteiger partial charge in [-0.25, -0.2) is 0 Å². The molecule has 0 spiro atoms. The molecule has 1 amide bonds. The van der Waals surface area contributed by atoms with E-state index >= 15 is 0 Å². The van der Waals surface area contributed by atoms with E-state index in [1.165, 1.54) is 18.3 Å². The first-order valence-corrected chi connectivity index (χ1v) is 5.36. The Bertz CT molecular complexity index is 587. The van der Waals surface area contributed by atoms with Crippen molar-refractivity contribution in [1.29, 1.82) is 0 Å². The lowest BCUT2D eigenvalue weighted by atomic mass is 10.2. The summed E-state index contributed by atoms with van der Waals surface area (Å²) < 4.78 is 37.1.